The summed E-state index contributed by atoms with van der Waals surface area (Å²) in [5, 5.41) is 18.8. The lowest BCUT2D eigenvalue weighted by atomic mass is 10.1. The van der Waals surface area contributed by atoms with Crippen molar-refractivity contribution in [3.05, 3.63) is 77.4 Å². The van der Waals surface area contributed by atoms with Crippen LogP contribution in [-0.2, 0) is 15.6 Å². The number of carbonyl (C=O) groups excluding carboxylic acids is 1. The fourth-order valence-corrected chi connectivity index (χ4v) is 4.08. The molecule has 0 aliphatic rings. The molecule has 0 N–H and O–H groups in total. The van der Waals surface area contributed by atoms with Crippen molar-refractivity contribution in [2.24, 2.45) is 0 Å². The Balaban J connectivity index is 0.00000190. The van der Waals surface area contributed by atoms with Crippen molar-refractivity contribution < 1.29 is 9.00 Å². The van der Waals surface area contributed by atoms with Crippen LogP contribution in [0.2, 0.25) is 0 Å². The first-order chi connectivity index (χ1) is 13.3. The maximum atomic E-state index is 12.7. The van der Waals surface area contributed by atoms with Crippen molar-refractivity contribution in [1.82, 2.24) is 0 Å². The van der Waals surface area contributed by atoms with Crippen LogP contribution in [0.4, 0.5) is 0 Å². The van der Waals surface area contributed by atoms with Crippen LogP contribution >= 0.6 is 31.9 Å². The first-order valence-electron chi connectivity index (χ1n) is 7.82. The number of hydrogen-bond acceptors (Lipinski definition) is 4. The average molecular weight is 520 g/mol. The Morgan fingerprint density at radius 1 is 1.00 bits per heavy atom. The number of benzene rings is 2. The number of nitriles is 2. The van der Waals surface area contributed by atoms with Crippen LogP contribution in [0.25, 0.3) is 12.2 Å². The van der Waals surface area contributed by atoms with Gasteiger partial charge in [0.15, 0.2) is 0 Å². The van der Waals surface area contributed by atoms with Gasteiger partial charge in [0.25, 0.3) is 0 Å². The lowest BCUT2D eigenvalue weighted by Gasteiger charge is -2.06. The Morgan fingerprint density at radius 2 is 1.57 bits per heavy atom. The molecule has 0 heterocycles. The minimum Gasteiger partial charge on any atom is -0.307 e. The van der Waals surface area contributed by atoms with Crippen LogP contribution in [0.1, 0.15) is 22.3 Å². The summed E-state index contributed by atoms with van der Waals surface area (Å²) in [4.78, 5) is 8.06. The molecule has 0 aliphatic carbocycles. The molecule has 0 spiro atoms. The summed E-state index contributed by atoms with van der Waals surface area (Å²) in [6.07, 6.45) is 3.09. The molecule has 7 heteroatoms. The molecule has 0 aliphatic heterocycles. The Kier molecular flexibility index (Phi) is 9.75. The largest absolute Gasteiger partial charge is 0.307 e. The van der Waals surface area contributed by atoms with E-state index in [1.54, 1.807) is 12.1 Å². The quantitative estimate of drug-likeness (QED) is 0.476. The molecule has 0 aromatic heterocycles. The van der Waals surface area contributed by atoms with Gasteiger partial charge in [0.2, 0.25) is 0 Å². The van der Waals surface area contributed by atoms with Crippen molar-refractivity contribution in [3.63, 3.8) is 0 Å². The van der Waals surface area contributed by atoms with Crippen LogP contribution in [0.15, 0.2) is 55.2 Å². The topological polar surface area (TPSA) is 81.7 Å². The monoisotopic (exact) mass is 518 g/mol. The van der Waals surface area contributed by atoms with Gasteiger partial charge in [-0.1, -0.05) is 50.1 Å². The molecular formula is C21H16Br2N2O2S. The molecule has 0 saturated heterocycles. The number of nitrogens with zero attached hydrogens (tertiary/aromatic N) is 2. The van der Waals surface area contributed by atoms with E-state index in [-0.39, 0.29) is 9.81 Å². The fraction of sp³-hybridized carbons (Fsp3) is 0.0952. The lowest BCUT2D eigenvalue weighted by molar-refractivity contribution is -0.0979. The van der Waals surface area contributed by atoms with E-state index in [2.05, 4.69) is 31.9 Å². The normalized spacial score (nSPS) is 12.2. The van der Waals surface area contributed by atoms with E-state index in [9.17, 15) is 14.7 Å². The van der Waals surface area contributed by atoms with Gasteiger partial charge in [0, 0.05) is 8.95 Å². The van der Waals surface area contributed by atoms with Gasteiger partial charge in [-0.05, 0) is 66.5 Å². The van der Waals surface area contributed by atoms with Crippen molar-refractivity contribution in [1.29, 1.82) is 10.5 Å². The average Bonchev–Trinajstić information content (AvgIpc) is 2.69. The highest BCUT2D eigenvalue weighted by Crippen LogP contribution is 2.25. The van der Waals surface area contributed by atoms with Crippen LogP contribution in [0, 0.1) is 36.5 Å². The van der Waals surface area contributed by atoms with E-state index in [1.807, 2.05) is 63.1 Å². The zero-order valence-corrected chi connectivity index (χ0v) is 19.2. The van der Waals surface area contributed by atoms with Crippen molar-refractivity contribution >= 4 is 61.6 Å². The third-order valence-electron chi connectivity index (χ3n) is 3.69. The number of hydrogen-bond donors (Lipinski definition) is 0. The molecule has 1 unspecified atom stereocenters. The van der Waals surface area contributed by atoms with Gasteiger partial charge in [0.05, 0.1) is 0 Å². The molecule has 0 radical (unpaired) electrons. The van der Waals surface area contributed by atoms with E-state index in [0.29, 0.717) is 0 Å². The second kappa shape index (κ2) is 11.5. The summed E-state index contributed by atoms with van der Waals surface area (Å²) in [7, 11) is -1.85. The first-order valence-corrected chi connectivity index (χ1v) is 10.6. The minimum atomic E-state index is -1.85. The van der Waals surface area contributed by atoms with Crippen LogP contribution in [0.5, 0.6) is 0 Å². The predicted octanol–water partition coefficient (Wildman–Crippen LogP) is 5.82. The standard InChI is InChI=1S/C20H14Br2N2OS.CH2O/c1-13-6-16(10-20(22)14(13)2)9-19(12-24)26(25)18(11-23)8-15-4-3-5-17(21)7-15;1-2/h3-10H,1-2H3;1H2/b18-8+,19-9+;. The molecule has 28 heavy (non-hydrogen) atoms. The van der Waals surface area contributed by atoms with Crippen molar-refractivity contribution in [2.45, 2.75) is 13.8 Å². The smallest absolute Gasteiger partial charge is 0.122 e. The van der Waals surface area contributed by atoms with Gasteiger partial charge >= 0.3 is 0 Å². The van der Waals surface area contributed by atoms with E-state index >= 15 is 0 Å². The van der Waals surface area contributed by atoms with Gasteiger partial charge in [0.1, 0.15) is 39.5 Å². The van der Waals surface area contributed by atoms with E-state index < -0.39 is 10.8 Å². The lowest BCUT2D eigenvalue weighted by Crippen LogP contribution is -1.96. The molecular weight excluding hydrogens is 504 g/mol. The predicted molar refractivity (Wildman–Crippen MR) is 120 cm³/mol. The van der Waals surface area contributed by atoms with Crippen molar-refractivity contribution in [3.8, 4) is 12.1 Å². The molecule has 0 fully saturated rings. The highest BCUT2D eigenvalue weighted by Gasteiger charge is 2.14. The summed E-state index contributed by atoms with van der Waals surface area (Å²) < 4.78 is 14.5. The molecule has 0 saturated carbocycles. The molecule has 0 bridgehead atoms. The Hall–Kier alpha value is -2.32. The molecule has 0 amide bonds. The second-order valence-electron chi connectivity index (χ2n) is 5.51. The fourth-order valence-electron chi connectivity index (χ4n) is 2.20. The maximum Gasteiger partial charge on any atom is 0.122 e. The highest BCUT2D eigenvalue weighted by atomic mass is 79.9. The zero-order valence-electron chi connectivity index (χ0n) is 15.2. The van der Waals surface area contributed by atoms with Gasteiger partial charge in [-0.25, -0.2) is 4.21 Å². The second-order valence-corrected chi connectivity index (χ2v) is 8.70. The Labute approximate surface area is 183 Å². The van der Waals surface area contributed by atoms with Crippen LogP contribution in [-0.4, -0.2) is 11.0 Å². The SMILES string of the molecule is C=O.Cc1cc(/C=C(\C#N)S(=O)/C(C#N)=C/c2cccc(Br)c2)cc(Br)c1C. The summed E-state index contributed by atoms with van der Waals surface area (Å²) in [6.45, 7) is 5.96. The molecule has 1 atom stereocenters. The van der Waals surface area contributed by atoms with E-state index in [0.717, 1.165) is 31.2 Å². The number of halogens is 2. The summed E-state index contributed by atoms with van der Waals surface area (Å²) in [5.74, 6) is 0. The third kappa shape index (κ3) is 6.38. The number of carbonyl (C=O) groups is 1. The molecule has 2 aromatic carbocycles. The zero-order chi connectivity index (χ0) is 21.3. The van der Waals surface area contributed by atoms with Crippen LogP contribution < -0.4 is 0 Å². The maximum absolute atomic E-state index is 12.7. The van der Waals surface area contributed by atoms with Gasteiger partial charge in [-0.3, -0.25) is 0 Å². The molecule has 4 nitrogen and oxygen atoms in total. The molecule has 2 rings (SSSR count). The summed E-state index contributed by atoms with van der Waals surface area (Å²) in [6, 6.07) is 15.0. The van der Waals surface area contributed by atoms with E-state index in [1.165, 1.54) is 6.08 Å². The Bertz CT molecular complexity index is 1020. The highest BCUT2D eigenvalue weighted by molar-refractivity contribution is 9.10. The Morgan fingerprint density at radius 3 is 2.07 bits per heavy atom. The van der Waals surface area contributed by atoms with Gasteiger partial charge in [-0.15, -0.1) is 0 Å². The van der Waals surface area contributed by atoms with E-state index in [4.69, 9.17) is 4.79 Å². The number of allylic oxidation sites excluding steroid dienone is 2. The first kappa shape index (κ1) is 23.7. The van der Waals surface area contributed by atoms with Crippen molar-refractivity contribution in [2.75, 3.05) is 0 Å². The van der Waals surface area contributed by atoms with Gasteiger partial charge < -0.3 is 4.79 Å². The number of rotatable bonds is 4. The third-order valence-corrected chi connectivity index (χ3v) is 6.22. The molecule has 2 aromatic rings. The number of aryl methyl sites for hydroxylation is 1. The molecule has 142 valence electrons. The van der Waals surface area contributed by atoms with Crippen LogP contribution in [0.3, 0.4) is 0 Å². The van der Waals surface area contributed by atoms with Gasteiger partial charge in [-0.2, -0.15) is 10.5 Å². The minimum absolute atomic E-state index is 0.0267. The summed E-state index contributed by atoms with van der Waals surface area (Å²) in [5.41, 5.74) is 3.65. The summed E-state index contributed by atoms with van der Waals surface area (Å²) >= 11 is 6.84.